The highest BCUT2D eigenvalue weighted by molar-refractivity contribution is 5.74. The van der Waals surface area contributed by atoms with Gasteiger partial charge in [-0.25, -0.2) is 0 Å². The van der Waals surface area contributed by atoms with Gasteiger partial charge in [-0.2, -0.15) is 0 Å². The lowest BCUT2D eigenvalue weighted by molar-refractivity contribution is -0.141. The molecule has 0 aromatic rings. The smallest absolute Gasteiger partial charge is 0.322 e. The lowest BCUT2D eigenvalue weighted by Gasteiger charge is -2.34. The normalized spacial score (nSPS) is 34.6. The standard InChI is InChI=1S/C10H18N2O2/c13-10(14)9-8(11-5-6-12-9)7-3-1-2-4-7/h7-9,11-12H,1-6H2,(H,13,14). The first kappa shape index (κ1) is 9.93. The third kappa shape index (κ3) is 1.91. The Bertz CT molecular complexity index is 214. The van der Waals surface area contributed by atoms with Crippen molar-refractivity contribution in [2.45, 2.75) is 37.8 Å². The first-order valence-electron chi connectivity index (χ1n) is 5.48. The van der Waals surface area contributed by atoms with Crippen molar-refractivity contribution in [3.05, 3.63) is 0 Å². The molecule has 1 aliphatic carbocycles. The van der Waals surface area contributed by atoms with Crippen LogP contribution in [0, 0.1) is 5.92 Å². The molecule has 0 radical (unpaired) electrons. The minimum absolute atomic E-state index is 0.142. The van der Waals surface area contributed by atoms with Crippen molar-refractivity contribution in [1.29, 1.82) is 0 Å². The zero-order valence-electron chi connectivity index (χ0n) is 8.33. The number of hydrogen-bond donors (Lipinski definition) is 3. The number of rotatable bonds is 2. The molecule has 1 saturated carbocycles. The van der Waals surface area contributed by atoms with E-state index >= 15 is 0 Å². The van der Waals surface area contributed by atoms with E-state index in [2.05, 4.69) is 10.6 Å². The van der Waals surface area contributed by atoms with E-state index < -0.39 is 5.97 Å². The number of piperazine rings is 1. The van der Waals surface area contributed by atoms with Crippen LogP contribution in [-0.2, 0) is 4.79 Å². The lowest BCUT2D eigenvalue weighted by Crippen LogP contribution is -2.61. The first-order chi connectivity index (χ1) is 6.79. The maximum absolute atomic E-state index is 11.0. The molecule has 80 valence electrons. The fourth-order valence-electron chi connectivity index (χ4n) is 2.71. The van der Waals surface area contributed by atoms with E-state index in [0.717, 1.165) is 13.1 Å². The lowest BCUT2D eigenvalue weighted by atomic mass is 9.90. The van der Waals surface area contributed by atoms with Gasteiger partial charge in [-0.3, -0.25) is 4.79 Å². The Kier molecular flexibility index (Phi) is 3.03. The minimum atomic E-state index is -0.714. The predicted octanol–water partition coefficient (Wildman–Crippen LogP) is 0.191. The molecule has 2 atom stereocenters. The summed E-state index contributed by atoms with van der Waals surface area (Å²) in [5.74, 6) is -0.155. The van der Waals surface area contributed by atoms with Crippen molar-refractivity contribution in [1.82, 2.24) is 10.6 Å². The summed E-state index contributed by atoms with van der Waals surface area (Å²) < 4.78 is 0. The zero-order chi connectivity index (χ0) is 9.97. The van der Waals surface area contributed by atoms with Crippen molar-refractivity contribution in [2.75, 3.05) is 13.1 Å². The molecule has 1 heterocycles. The van der Waals surface area contributed by atoms with Gasteiger partial charge in [0.1, 0.15) is 6.04 Å². The second-order valence-corrected chi connectivity index (χ2v) is 4.29. The molecule has 1 aliphatic heterocycles. The molecule has 0 aromatic heterocycles. The van der Waals surface area contributed by atoms with Gasteiger partial charge in [0.25, 0.3) is 0 Å². The Morgan fingerprint density at radius 3 is 2.43 bits per heavy atom. The Morgan fingerprint density at radius 2 is 1.79 bits per heavy atom. The van der Waals surface area contributed by atoms with Crippen LogP contribution >= 0.6 is 0 Å². The van der Waals surface area contributed by atoms with Crippen LogP contribution in [0.5, 0.6) is 0 Å². The molecular weight excluding hydrogens is 180 g/mol. The highest BCUT2D eigenvalue weighted by Crippen LogP contribution is 2.29. The summed E-state index contributed by atoms with van der Waals surface area (Å²) in [6.45, 7) is 1.66. The van der Waals surface area contributed by atoms with Crippen LogP contribution in [0.4, 0.5) is 0 Å². The summed E-state index contributed by atoms with van der Waals surface area (Å²) in [4.78, 5) is 11.0. The molecule has 4 heteroatoms. The molecule has 0 spiro atoms. The molecule has 14 heavy (non-hydrogen) atoms. The van der Waals surface area contributed by atoms with Gasteiger partial charge in [-0.05, 0) is 18.8 Å². The Hall–Kier alpha value is -0.610. The van der Waals surface area contributed by atoms with Gasteiger partial charge >= 0.3 is 5.97 Å². The van der Waals surface area contributed by atoms with E-state index in [0.29, 0.717) is 5.92 Å². The number of carboxylic acid groups (broad SMARTS) is 1. The van der Waals surface area contributed by atoms with Gasteiger partial charge in [0, 0.05) is 19.1 Å². The number of hydrogen-bond acceptors (Lipinski definition) is 3. The molecule has 2 aliphatic rings. The zero-order valence-corrected chi connectivity index (χ0v) is 8.33. The predicted molar refractivity (Wildman–Crippen MR) is 53.2 cm³/mol. The Morgan fingerprint density at radius 1 is 1.14 bits per heavy atom. The van der Waals surface area contributed by atoms with E-state index in [1.165, 1.54) is 25.7 Å². The van der Waals surface area contributed by atoms with Crippen molar-refractivity contribution in [3.63, 3.8) is 0 Å². The van der Waals surface area contributed by atoms with E-state index in [-0.39, 0.29) is 12.1 Å². The topological polar surface area (TPSA) is 61.4 Å². The third-order valence-electron chi connectivity index (χ3n) is 3.40. The van der Waals surface area contributed by atoms with Crippen molar-refractivity contribution < 1.29 is 9.90 Å². The van der Waals surface area contributed by atoms with E-state index in [1.54, 1.807) is 0 Å². The van der Waals surface area contributed by atoms with Gasteiger partial charge in [0.2, 0.25) is 0 Å². The van der Waals surface area contributed by atoms with E-state index in [1.807, 2.05) is 0 Å². The van der Waals surface area contributed by atoms with Crippen LogP contribution in [-0.4, -0.2) is 36.2 Å². The molecular formula is C10H18N2O2. The summed E-state index contributed by atoms with van der Waals surface area (Å²) in [5, 5.41) is 15.5. The molecule has 3 N–H and O–H groups in total. The molecule has 0 amide bonds. The Balaban J connectivity index is 2.01. The molecule has 2 unspecified atom stereocenters. The second-order valence-electron chi connectivity index (χ2n) is 4.29. The SMILES string of the molecule is O=C(O)C1NCCNC1C1CCCC1. The van der Waals surface area contributed by atoms with Crippen molar-refractivity contribution in [3.8, 4) is 0 Å². The average molecular weight is 198 g/mol. The average Bonchev–Trinajstić information content (AvgIpc) is 2.70. The van der Waals surface area contributed by atoms with E-state index in [9.17, 15) is 4.79 Å². The summed E-state index contributed by atoms with van der Waals surface area (Å²) in [6.07, 6.45) is 4.89. The van der Waals surface area contributed by atoms with Crippen LogP contribution in [0.2, 0.25) is 0 Å². The molecule has 4 nitrogen and oxygen atoms in total. The Labute approximate surface area is 84.1 Å². The summed E-state index contributed by atoms with van der Waals surface area (Å²) in [5.41, 5.74) is 0. The summed E-state index contributed by atoms with van der Waals surface area (Å²) in [6, 6.07) is -0.240. The summed E-state index contributed by atoms with van der Waals surface area (Å²) >= 11 is 0. The van der Waals surface area contributed by atoms with Crippen LogP contribution in [0.15, 0.2) is 0 Å². The van der Waals surface area contributed by atoms with Crippen LogP contribution in [0.25, 0.3) is 0 Å². The number of aliphatic carboxylic acids is 1. The quantitative estimate of drug-likeness (QED) is 0.593. The highest BCUT2D eigenvalue weighted by atomic mass is 16.4. The largest absolute Gasteiger partial charge is 0.480 e. The van der Waals surface area contributed by atoms with E-state index in [4.69, 9.17) is 5.11 Å². The van der Waals surface area contributed by atoms with Crippen LogP contribution in [0.3, 0.4) is 0 Å². The number of carboxylic acids is 1. The van der Waals surface area contributed by atoms with Crippen molar-refractivity contribution in [2.24, 2.45) is 5.92 Å². The third-order valence-corrected chi connectivity index (χ3v) is 3.40. The molecule has 0 bridgehead atoms. The maximum atomic E-state index is 11.0. The van der Waals surface area contributed by atoms with Crippen LogP contribution < -0.4 is 10.6 Å². The fraction of sp³-hybridized carbons (Fsp3) is 0.900. The van der Waals surface area contributed by atoms with Gasteiger partial charge in [0.15, 0.2) is 0 Å². The monoisotopic (exact) mass is 198 g/mol. The maximum Gasteiger partial charge on any atom is 0.322 e. The molecule has 0 aromatic carbocycles. The minimum Gasteiger partial charge on any atom is -0.480 e. The number of carbonyl (C=O) groups is 1. The van der Waals surface area contributed by atoms with Gasteiger partial charge in [-0.15, -0.1) is 0 Å². The molecule has 2 rings (SSSR count). The van der Waals surface area contributed by atoms with Crippen LogP contribution in [0.1, 0.15) is 25.7 Å². The first-order valence-corrected chi connectivity index (χ1v) is 5.48. The molecule has 1 saturated heterocycles. The van der Waals surface area contributed by atoms with Crippen molar-refractivity contribution >= 4 is 5.97 Å². The van der Waals surface area contributed by atoms with Gasteiger partial charge < -0.3 is 15.7 Å². The highest BCUT2D eigenvalue weighted by Gasteiger charge is 2.36. The second kappa shape index (κ2) is 4.28. The van der Waals surface area contributed by atoms with Gasteiger partial charge in [-0.1, -0.05) is 12.8 Å². The number of nitrogens with one attached hydrogen (secondary N) is 2. The molecule has 2 fully saturated rings. The summed E-state index contributed by atoms with van der Waals surface area (Å²) in [7, 11) is 0. The fourth-order valence-corrected chi connectivity index (χ4v) is 2.71. The van der Waals surface area contributed by atoms with Gasteiger partial charge in [0.05, 0.1) is 0 Å².